The molecular weight excluding hydrogens is 391 g/mol. The first-order valence-corrected chi connectivity index (χ1v) is 9.12. The molecule has 0 atom stereocenters. The Bertz CT molecular complexity index is 1000. The summed E-state index contributed by atoms with van der Waals surface area (Å²) < 4.78 is 38.3. The zero-order chi connectivity index (χ0) is 20.3. The molecule has 2 aromatic heterocycles. The average molecular weight is 407 g/mol. The van der Waals surface area contributed by atoms with Crippen molar-refractivity contribution >= 4 is 23.2 Å². The first-order chi connectivity index (χ1) is 13.2. The number of nitrogens with one attached hydrogen (secondary N) is 1. The quantitative estimate of drug-likeness (QED) is 0.675. The van der Waals surface area contributed by atoms with Gasteiger partial charge in [-0.2, -0.15) is 13.2 Å². The molecule has 0 aliphatic rings. The van der Waals surface area contributed by atoms with Gasteiger partial charge in [-0.3, -0.25) is 4.79 Å². The lowest BCUT2D eigenvalue weighted by molar-refractivity contribution is -0.137. The molecule has 1 amide bonds. The SMILES string of the molecule is Cc1csc(-c2cc(C(=O)NCCc3cccc(C(F)(F)F)c3)nc(N)n2)n1. The molecule has 0 radical (unpaired) electrons. The van der Waals surface area contributed by atoms with E-state index in [4.69, 9.17) is 5.73 Å². The highest BCUT2D eigenvalue weighted by Gasteiger charge is 2.30. The maximum absolute atomic E-state index is 12.8. The second kappa shape index (κ2) is 7.93. The molecule has 3 rings (SSSR count). The van der Waals surface area contributed by atoms with E-state index in [2.05, 4.69) is 20.3 Å². The number of benzene rings is 1. The number of thiazole rings is 1. The molecule has 6 nitrogen and oxygen atoms in total. The fourth-order valence-electron chi connectivity index (χ4n) is 2.48. The van der Waals surface area contributed by atoms with E-state index in [1.807, 2.05) is 12.3 Å². The van der Waals surface area contributed by atoms with Crippen LogP contribution >= 0.6 is 11.3 Å². The van der Waals surface area contributed by atoms with Gasteiger partial charge in [0.25, 0.3) is 5.91 Å². The number of amides is 1. The molecule has 0 spiro atoms. The summed E-state index contributed by atoms with van der Waals surface area (Å²) in [5.74, 6) is -0.552. The molecule has 0 bridgehead atoms. The van der Waals surface area contributed by atoms with Crippen LogP contribution in [-0.2, 0) is 12.6 Å². The molecule has 0 fully saturated rings. The number of carbonyl (C=O) groups is 1. The molecule has 10 heteroatoms. The van der Waals surface area contributed by atoms with E-state index in [-0.39, 0.29) is 24.6 Å². The Morgan fingerprint density at radius 3 is 2.68 bits per heavy atom. The van der Waals surface area contributed by atoms with Crippen LogP contribution in [0.4, 0.5) is 19.1 Å². The molecule has 0 saturated carbocycles. The maximum Gasteiger partial charge on any atom is 0.416 e. The van der Waals surface area contributed by atoms with Crippen molar-refractivity contribution in [3.63, 3.8) is 0 Å². The van der Waals surface area contributed by atoms with E-state index in [0.717, 1.165) is 17.8 Å². The predicted octanol–water partition coefficient (Wildman–Crippen LogP) is 3.48. The van der Waals surface area contributed by atoms with Crippen molar-refractivity contribution in [2.45, 2.75) is 19.5 Å². The van der Waals surface area contributed by atoms with Gasteiger partial charge in [0.2, 0.25) is 5.95 Å². The Morgan fingerprint density at radius 1 is 1.21 bits per heavy atom. The largest absolute Gasteiger partial charge is 0.416 e. The van der Waals surface area contributed by atoms with Gasteiger partial charge in [0.05, 0.1) is 5.56 Å². The van der Waals surface area contributed by atoms with Crippen molar-refractivity contribution < 1.29 is 18.0 Å². The van der Waals surface area contributed by atoms with Crippen LogP contribution in [0.25, 0.3) is 10.7 Å². The number of nitrogens with zero attached hydrogens (tertiary/aromatic N) is 3. The number of nitrogen functional groups attached to an aromatic ring is 1. The maximum atomic E-state index is 12.8. The lowest BCUT2D eigenvalue weighted by Crippen LogP contribution is -2.27. The van der Waals surface area contributed by atoms with Gasteiger partial charge in [-0.15, -0.1) is 11.3 Å². The zero-order valence-electron chi connectivity index (χ0n) is 14.7. The number of anilines is 1. The van der Waals surface area contributed by atoms with Gasteiger partial charge in [0.15, 0.2) is 0 Å². The first kappa shape index (κ1) is 19.7. The number of nitrogens with two attached hydrogens (primary N) is 1. The summed E-state index contributed by atoms with van der Waals surface area (Å²) in [6.07, 6.45) is -4.16. The Labute approximate surface area is 162 Å². The molecule has 2 heterocycles. The number of carbonyl (C=O) groups excluding carboxylic acids is 1. The molecule has 3 aromatic rings. The van der Waals surface area contributed by atoms with Crippen LogP contribution in [0.15, 0.2) is 35.7 Å². The molecular formula is C18H16F3N5OS. The standard InChI is InChI=1S/C18H16F3N5OS/c1-10-9-28-16(24-10)14-8-13(25-17(22)26-14)15(27)23-6-5-11-3-2-4-12(7-11)18(19,20)21/h2-4,7-9H,5-6H2,1H3,(H,23,27)(H2,22,25,26). The Morgan fingerprint density at radius 2 is 2.00 bits per heavy atom. The highest BCUT2D eigenvalue weighted by molar-refractivity contribution is 7.13. The van der Waals surface area contributed by atoms with Gasteiger partial charge in [0, 0.05) is 17.6 Å². The Balaban J connectivity index is 1.66. The van der Waals surface area contributed by atoms with Gasteiger partial charge in [-0.1, -0.05) is 18.2 Å². The molecule has 1 aromatic carbocycles. The summed E-state index contributed by atoms with van der Waals surface area (Å²) in [5.41, 5.74) is 6.77. The molecule has 146 valence electrons. The Kier molecular flexibility index (Phi) is 5.59. The van der Waals surface area contributed by atoms with Crippen LogP contribution in [0.5, 0.6) is 0 Å². The fraction of sp³-hybridized carbons (Fsp3) is 0.222. The molecule has 3 N–H and O–H groups in total. The van der Waals surface area contributed by atoms with E-state index in [9.17, 15) is 18.0 Å². The summed E-state index contributed by atoms with van der Waals surface area (Å²) in [4.78, 5) is 24.7. The molecule has 0 aliphatic carbocycles. The minimum atomic E-state index is -4.40. The minimum absolute atomic E-state index is 0.0617. The van der Waals surface area contributed by atoms with E-state index in [0.29, 0.717) is 16.3 Å². The van der Waals surface area contributed by atoms with Crippen LogP contribution in [0.2, 0.25) is 0 Å². The highest BCUT2D eigenvalue weighted by Crippen LogP contribution is 2.29. The number of aromatic nitrogens is 3. The third-order valence-corrected chi connectivity index (χ3v) is 4.75. The van der Waals surface area contributed by atoms with Gasteiger partial charge in [0.1, 0.15) is 16.4 Å². The topological polar surface area (TPSA) is 93.8 Å². The second-order valence-electron chi connectivity index (χ2n) is 5.99. The van der Waals surface area contributed by atoms with Gasteiger partial charge < -0.3 is 11.1 Å². The van der Waals surface area contributed by atoms with E-state index >= 15 is 0 Å². The summed E-state index contributed by atoms with van der Waals surface area (Å²) in [6, 6.07) is 6.47. The normalized spacial score (nSPS) is 11.4. The van der Waals surface area contributed by atoms with Crippen LogP contribution in [0.3, 0.4) is 0 Å². The third kappa shape index (κ3) is 4.83. The summed E-state index contributed by atoms with van der Waals surface area (Å²) >= 11 is 1.37. The van der Waals surface area contributed by atoms with Crippen molar-refractivity contribution in [1.82, 2.24) is 20.3 Å². The van der Waals surface area contributed by atoms with E-state index < -0.39 is 17.6 Å². The number of aryl methyl sites for hydroxylation is 1. The number of hydrogen-bond donors (Lipinski definition) is 2. The molecule has 28 heavy (non-hydrogen) atoms. The molecule has 0 saturated heterocycles. The van der Waals surface area contributed by atoms with Crippen molar-refractivity contribution in [2.24, 2.45) is 0 Å². The lowest BCUT2D eigenvalue weighted by atomic mass is 10.1. The Hall–Kier alpha value is -3.01. The van der Waals surface area contributed by atoms with Crippen molar-refractivity contribution in [2.75, 3.05) is 12.3 Å². The number of alkyl halides is 3. The monoisotopic (exact) mass is 407 g/mol. The average Bonchev–Trinajstić information content (AvgIpc) is 3.07. The van der Waals surface area contributed by atoms with Crippen LogP contribution in [0, 0.1) is 6.92 Å². The number of rotatable bonds is 5. The minimum Gasteiger partial charge on any atom is -0.368 e. The first-order valence-electron chi connectivity index (χ1n) is 8.24. The van der Waals surface area contributed by atoms with Gasteiger partial charge in [-0.25, -0.2) is 15.0 Å². The van der Waals surface area contributed by atoms with Crippen LogP contribution in [-0.4, -0.2) is 27.4 Å². The van der Waals surface area contributed by atoms with Gasteiger partial charge in [-0.05, 0) is 31.0 Å². The summed E-state index contributed by atoms with van der Waals surface area (Å²) in [6.45, 7) is 1.99. The number of hydrogen-bond acceptors (Lipinski definition) is 6. The second-order valence-corrected chi connectivity index (χ2v) is 6.85. The predicted molar refractivity (Wildman–Crippen MR) is 99.8 cm³/mol. The van der Waals surface area contributed by atoms with Crippen molar-refractivity contribution in [3.8, 4) is 10.7 Å². The summed E-state index contributed by atoms with van der Waals surface area (Å²) in [5, 5.41) is 5.10. The number of halogens is 3. The third-order valence-electron chi connectivity index (χ3n) is 3.77. The fourth-order valence-corrected chi connectivity index (χ4v) is 3.23. The molecule has 0 unspecified atom stereocenters. The zero-order valence-corrected chi connectivity index (χ0v) is 15.6. The van der Waals surface area contributed by atoms with Gasteiger partial charge >= 0.3 is 6.18 Å². The highest BCUT2D eigenvalue weighted by atomic mass is 32.1. The molecule has 0 aliphatic heterocycles. The van der Waals surface area contributed by atoms with Crippen LogP contribution < -0.4 is 11.1 Å². The van der Waals surface area contributed by atoms with E-state index in [1.165, 1.54) is 23.5 Å². The lowest BCUT2D eigenvalue weighted by Gasteiger charge is -2.09. The van der Waals surface area contributed by atoms with Crippen molar-refractivity contribution in [3.05, 3.63) is 58.2 Å². The van der Waals surface area contributed by atoms with E-state index in [1.54, 1.807) is 6.07 Å². The van der Waals surface area contributed by atoms with Crippen molar-refractivity contribution in [1.29, 1.82) is 0 Å². The van der Waals surface area contributed by atoms with Crippen LogP contribution in [0.1, 0.15) is 27.3 Å². The smallest absolute Gasteiger partial charge is 0.368 e. The summed E-state index contributed by atoms with van der Waals surface area (Å²) in [7, 11) is 0.